The van der Waals surface area contributed by atoms with Crippen LogP contribution in [0, 0.1) is 0 Å². The fraction of sp³-hybridized carbons (Fsp3) is 0.538. The molecule has 0 saturated heterocycles. The molecular weight excluding hydrogens is 206 g/mol. The molecule has 2 N–H and O–H groups in total. The second-order valence-electron chi connectivity index (χ2n) is 4.56. The maximum atomic E-state index is 6.04. The zero-order valence-electron chi connectivity index (χ0n) is 9.01. The van der Waals surface area contributed by atoms with Crippen molar-refractivity contribution >= 4 is 11.6 Å². The van der Waals surface area contributed by atoms with Crippen LogP contribution in [0.3, 0.4) is 0 Å². The average molecular weight is 224 g/mol. The lowest BCUT2D eigenvalue weighted by Crippen LogP contribution is -2.37. The summed E-state index contributed by atoms with van der Waals surface area (Å²) in [5.41, 5.74) is 7.51. The molecule has 0 radical (unpaired) electrons. The zero-order valence-corrected chi connectivity index (χ0v) is 9.76. The van der Waals surface area contributed by atoms with Crippen molar-refractivity contribution in [1.82, 2.24) is 0 Å². The summed E-state index contributed by atoms with van der Waals surface area (Å²) < 4.78 is 0. The normalized spacial score (nSPS) is 20.1. The minimum Gasteiger partial charge on any atom is -0.330 e. The minimum absolute atomic E-state index is 0.198. The van der Waals surface area contributed by atoms with Crippen molar-refractivity contribution in [2.75, 3.05) is 6.54 Å². The van der Waals surface area contributed by atoms with Crippen molar-refractivity contribution in [2.45, 2.75) is 37.5 Å². The number of benzene rings is 1. The fourth-order valence-corrected chi connectivity index (χ4v) is 2.85. The molecule has 1 nitrogen and oxygen atoms in total. The zero-order chi connectivity index (χ0) is 10.7. The smallest absolute Gasteiger partial charge is 0.0408 e. The van der Waals surface area contributed by atoms with Crippen molar-refractivity contribution < 1.29 is 0 Å². The van der Waals surface area contributed by atoms with Crippen molar-refractivity contribution in [2.24, 2.45) is 5.73 Å². The maximum absolute atomic E-state index is 6.04. The van der Waals surface area contributed by atoms with Crippen molar-refractivity contribution in [3.8, 4) is 0 Å². The van der Waals surface area contributed by atoms with Gasteiger partial charge < -0.3 is 5.73 Å². The van der Waals surface area contributed by atoms with Gasteiger partial charge in [0.05, 0.1) is 0 Å². The highest BCUT2D eigenvalue weighted by molar-refractivity contribution is 6.30. The van der Waals surface area contributed by atoms with Crippen molar-refractivity contribution in [3.05, 3.63) is 34.9 Å². The predicted molar refractivity (Wildman–Crippen MR) is 65.3 cm³/mol. The van der Waals surface area contributed by atoms with Crippen molar-refractivity contribution in [3.63, 3.8) is 0 Å². The standard InChI is InChI=1S/C13H18ClN/c14-12-6-4-5-11(9-12)13(10-15)7-2-1-3-8-13/h4-6,9H,1-3,7-8,10,15H2. The van der Waals surface area contributed by atoms with E-state index in [0.717, 1.165) is 11.6 Å². The first-order valence-corrected chi connectivity index (χ1v) is 6.11. The minimum atomic E-state index is 0.198. The molecule has 1 aromatic carbocycles. The summed E-state index contributed by atoms with van der Waals surface area (Å²) in [6, 6.07) is 8.21. The van der Waals surface area contributed by atoms with E-state index in [1.165, 1.54) is 37.7 Å². The molecule has 0 unspecified atom stereocenters. The number of nitrogens with two attached hydrogens (primary N) is 1. The van der Waals surface area contributed by atoms with E-state index in [4.69, 9.17) is 17.3 Å². The number of halogens is 1. The highest BCUT2D eigenvalue weighted by atomic mass is 35.5. The van der Waals surface area contributed by atoms with E-state index in [9.17, 15) is 0 Å². The molecule has 2 rings (SSSR count). The summed E-state index contributed by atoms with van der Waals surface area (Å²) in [4.78, 5) is 0. The predicted octanol–water partition coefficient (Wildman–Crippen LogP) is 3.50. The first-order valence-electron chi connectivity index (χ1n) is 5.73. The summed E-state index contributed by atoms with van der Waals surface area (Å²) >= 11 is 6.04. The number of hydrogen-bond acceptors (Lipinski definition) is 1. The molecule has 1 saturated carbocycles. The van der Waals surface area contributed by atoms with Gasteiger partial charge in [0.1, 0.15) is 0 Å². The third-order valence-electron chi connectivity index (χ3n) is 3.64. The van der Waals surface area contributed by atoms with Gasteiger partial charge in [-0.05, 0) is 30.5 Å². The van der Waals surface area contributed by atoms with Crippen LogP contribution in [0.1, 0.15) is 37.7 Å². The molecule has 2 heteroatoms. The van der Waals surface area contributed by atoms with E-state index < -0.39 is 0 Å². The fourth-order valence-electron chi connectivity index (χ4n) is 2.66. The van der Waals surface area contributed by atoms with Gasteiger partial charge in [-0.25, -0.2) is 0 Å². The van der Waals surface area contributed by atoms with Gasteiger partial charge in [-0.15, -0.1) is 0 Å². The first-order chi connectivity index (χ1) is 7.27. The Hall–Kier alpha value is -0.530. The molecule has 0 aliphatic heterocycles. The van der Waals surface area contributed by atoms with Crippen LogP contribution in [-0.4, -0.2) is 6.54 Å². The SMILES string of the molecule is NCC1(c2cccc(Cl)c2)CCCCC1. The molecule has 0 heterocycles. The van der Waals surface area contributed by atoms with Gasteiger partial charge in [0, 0.05) is 17.0 Å². The Morgan fingerprint density at radius 1 is 1.20 bits per heavy atom. The van der Waals surface area contributed by atoms with Gasteiger partial charge in [-0.1, -0.05) is 43.0 Å². The number of hydrogen-bond donors (Lipinski definition) is 1. The van der Waals surface area contributed by atoms with Gasteiger partial charge >= 0.3 is 0 Å². The molecule has 1 aliphatic carbocycles. The van der Waals surface area contributed by atoms with Crippen LogP contribution in [0.25, 0.3) is 0 Å². The lowest BCUT2D eigenvalue weighted by atomic mass is 9.69. The lowest BCUT2D eigenvalue weighted by Gasteiger charge is -2.36. The molecule has 0 bridgehead atoms. The summed E-state index contributed by atoms with van der Waals surface area (Å²) in [7, 11) is 0. The van der Waals surface area contributed by atoms with Crippen LogP contribution >= 0.6 is 11.6 Å². The van der Waals surface area contributed by atoms with E-state index >= 15 is 0 Å². The van der Waals surface area contributed by atoms with Crippen LogP contribution in [0.2, 0.25) is 5.02 Å². The van der Waals surface area contributed by atoms with Gasteiger partial charge in [0.2, 0.25) is 0 Å². The van der Waals surface area contributed by atoms with E-state index in [1.54, 1.807) is 0 Å². The van der Waals surface area contributed by atoms with Gasteiger partial charge in [-0.2, -0.15) is 0 Å². The second-order valence-corrected chi connectivity index (χ2v) is 4.99. The van der Waals surface area contributed by atoms with E-state index in [2.05, 4.69) is 12.1 Å². The Morgan fingerprint density at radius 3 is 2.53 bits per heavy atom. The van der Waals surface area contributed by atoms with Crippen LogP contribution in [0.5, 0.6) is 0 Å². The summed E-state index contributed by atoms with van der Waals surface area (Å²) in [6.07, 6.45) is 6.36. The Bertz CT molecular complexity index is 329. The lowest BCUT2D eigenvalue weighted by molar-refractivity contribution is 0.301. The number of rotatable bonds is 2. The summed E-state index contributed by atoms with van der Waals surface area (Å²) in [5.74, 6) is 0. The van der Waals surface area contributed by atoms with E-state index in [1.807, 2.05) is 12.1 Å². The van der Waals surface area contributed by atoms with Gasteiger partial charge in [0.15, 0.2) is 0 Å². The quantitative estimate of drug-likeness (QED) is 0.816. The largest absolute Gasteiger partial charge is 0.330 e. The second kappa shape index (κ2) is 4.54. The highest BCUT2D eigenvalue weighted by Crippen LogP contribution is 2.39. The molecular formula is C13H18ClN. The third-order valence-corrected chi connectivity index (χ3v) is 3.87. The van der Waals surface area contributed by atoms with Crippen LogP contribution in [-0.2, 0) is 5.41 Å². The van der Waals surface area contributed by atoms with Crippen LogP contribution in [0.15, 0.2) is 24.3 Å². The molecule has 0 atom stereocenters. The molecule has 82 valence electrons. The third kappa shape index (κ3) is 2.19. The van der Waals surface area contributed by atoms with E-state index in [-0.39, 0.29) is 5.41 Å². The Morgan fingerprint density at radius 2 is 1.93 bits per heavy atom. The molecule has 15 heavy (non-hydrogen) atoms. The Labute approximate surface area is 96.6 Å². The van der Waals surface area contributed by atoms with Crippen LogP contribution < -0.4 is 5.73 Å². The maximum Gasteiger partial charge on any atom is 0.0408 e. The summed E-state index contributed by atoms with van der Waals surface area (Å²) in [6.45, 7) is 0.743. The highest BCUT2D eigenvalue weighted by Gasteiger charge is 2.32. The van der Waals surface area contributed by atoms with Gasteiger partial charge in [0.25, 0.3) is 0 Å². The van der Waals surface area contributed by atoms with Crippen molar-refractivity contribution in [1.29, 1.82) is 0 Å². The van der Waals surface area contributed by atoms with E-state index in [0.29, 0.717) is 0 Å². The summed E-state index contributed by atoms with van der Waals surface area (Å²) in [5, 5.41) is 0.825. The molecule has 1 aromatic rings. The molecule has 0 aromatic heterocycles. The van der Waals surface area contributed by atoms with Crippen LogP contribution in [0.4, 0.5) is 0 Å². The average Bonchev–Trinajstić information content (AvgIpc) is 2.30. The molecule has 0 amide bonds. The molecule has 1 fully saturated rings. The van der Waals surface area contributed by atoms with Gasteiger partial charge in [-0.3, -0.25) is 0 Å². The Kier molecular flexibility index (Phi) is 3.32. The molecule has 0 spiro atoms. The topological polar surface area (TPSA) is 26.0 Å². The Balaban J connectivity index is 2.32. The first kappa shape index (κ1) is 11.0. The molecule has 1 aliphatic rings. The monoisotopic (exact) mass is 223 g/mol.